The average Bonchev–Trinajstić information content (AvgIpc) is 3.19. The maximum atomic E-state index is 11.6. The molecule has 0 radical (unpaired) electrons. The second kappa shape index (κ2) is 9.99. The lowest BCUT2D eigenvalue weighted by Gasteiger charge is -2.41. The maximum absolute atomic E-state index is 11.6. The minimum absolute atomic E-state index is 0.00481. The van der Waals surface area contributed by atoms with Gasteiger partial charge in [-0.1, -0.05) is 75.4 Å². The zero-order valence-corrected chi connectivity index (χ0v) is 19.3. The predicted molar refractivity (Wildman–Crippen MR) is 126 cm³/mol. The fraction of sp³-hybridized carbons (Fsp3) is 0.444. The lowest BCUT2D eigenvalue weighted by Crippen LogP contribution is -2.47. The number of carbonyl (C=O) groups is 1. The number of hydrogen-bond acceptors (Lipinski definition) is 4. The van der Waals surface area contributed by atoms with E-state index < -0.39 is 0 Å². The molecule has 0 aromatic heterocycles. The number of carbonyl (C=O) groups excluding carboxylic acids is 1. The van der Waals surface area contributed by atoms with E-state index in [9.17, 15) is 4.79 Å². The number of nitrogens with zero attached hydrogens (tertiary/aromatic N) is 1. The molecule has 170 valence electrons. The van der Waals surface area contributed by atoms with Gasteiger partial charge in [0.25, 0.3) is 0 Å². The lowest BCUT2D eigenvalue weighted by atomic mass is 9.86. The molecular formula is C27H34N2O3. The van der Waals surface area contributed by atoms with Crippen LogP contribution in [0.3, 0.4) is 0 Å². The van der Waals surface area contributed by atoms with Gasteiger partial charge in [0.05, 0.1) is 19.3 Å². The summed E-state index contributed by atoms with van der Waals surface area (Å²) in [5.74, 6) is -0.00481. The number of morpholine rings is 1. The smallest absolute Gasteiger partial charge is 0.244 e. The van der Waals surface area contributed by atoms with Crippen molar-refractivity contribution in [1.29, 1.82) is 0 Å². The van der Waals surface area contributed by atoms with Gasteiger partial charge < -0.3 is 14.8 Å². The van der Waals surface area contributed by atoms with Crippen LogP contribution in [0.25, 0.3) is 0 Å². The van der Waals surface area contributed by atoms with Gasteiger partial charge in [0, 0.05) is 25.7 Å². The lowest BCUT2D eigenvalue weighted by molar-refractivity contribution is -0.209. The van der Waals surface area contributed by atoms with Gasteiger partial charge in [0.15, 0.2) is 6.29 Å². The third kappa shape index (κ3) is 5.66. The molecule has 0 spiro atoms. The molecule has 2 aliphatic heterocycles. The molecule has 2 aromatic rings. The average molecular weight is 435 g/mol. The Bertz CT molecular complexity index is 949. The summed E-state index contributed by atoms with van der Waals surface area (Å²) in [4.78, 5) is 14.0. The van der Waals surface area contributed by atoms with E-state index in [1.54, 1.807) is 6.08 Å². The van der Waals surface area contributed by atoms with E-state index >= 15 is 0 Å². The Balaban J connectivity index is 1.45. The quantitative estimate of drug-likeness (QED) is 0.716. The number of ether oxygens (including phenoxy) is 2. The third-order valence-corrected chi connectivity index (χ3v) is 6.15. The van der Waals surface area contributed by atoms with Gasteiger partial charge >= 0.3 is 0 Å². The number of rotatable bonds is 7. The van der Waals surface area contributed by atoms with Crippen LogP contribution in [0.4, 0.5) is 0 Å². The highest BCUT2D eigenvalue weighted by molar-refractivity contribution is 5.91. The summed E-state index contributed by atoms with van der Waals surface area (Å²) in [5, 5.41) is 2.87. The summed E-state index contributed by atoms with van der Waals surface area (Å²) in [7, 11) is 0. The van der Waals surface area contributed by atoms with Crippen LogP contribution in [-0.4, -0.2) is 49.9 Å². The zero-order chi connectivity index (χ0) is 22.6. The van der Waals surface area contributed by atoms with Crippen molar-refractivity contribution in [3.63, 3.8) is 0 Å². The van der Waals surface area contributed by atoms with Crippen LogP contribution in [0.15, 0.2) is 66.2 Å². The van der Waals surface area contributed by atoms with E-state index in [4.69, 9.17) is 9.47 Å². The van der Waals surface area contributed by atoms with Crippen molar-refractivity contribution < 1.29 is 14.3 Å². The largest absolute Gasteiger partial charge is 0.350 e. The van der Waals surface area contributed by atoms with Gasteiger partial charge in [-0.3, -0.25) is 9.69 Å². The molecule has 1 N–H and O–H groups in total. The molecule has 0 bridgehead atoms. The Hall–Kier alpha value is -2.47. The molecule has 2 aliphatic rings. The number of nitrogens with one attached hydrogen (secondary N) is 1. The van der Waals surface area contributed by atoms with Gasteiger partial charge in [-0.25, -0.2) is 0 Å². The van der Waals surface area contributed by atoms with Crippen molar-refractivity contribution in [2.24, 2.45) is 0 Å². The van der Waals surface area contributed by atoms with E-state index in [1.807, 2.05) is 6.07 Å². The van der Waals surface area contributed by atoms with Crippen molar-refractivity contribution in [1.82, 2.24) is 10.2 Å². The maximum Gasteiger partial charge on any atom is 0.244 e. The summed E-state index contributed by atoms with van der Waals surface area (Å²) in [6, 6.07) is 19.1. The highest BCUT2D eigenvalue weighted by atomic mass is 16.7. The normalized spacial score (nSPS) is 22.0. The molecule has 5 nitrogen and oxygen atoms in total. The van der Waals surface area contributed by atoms with Crippen molar-refractivity contribution in [3.05, 3.63) is 82.9 Å². The Kier molecular flexibility index (Phi) is 7.09. The van der Waals surface area contributed by atoms with Crippen molar-refractivity contribution in [2.75, 3.05) is 32.8 Å². The van der Waals surface area contributed by atoms with Gasteiger partial charge in [-0.15, -0.1) is 0 Å². The fourth-order valence-corrected chi connectivity index (χ4v) is 4.36. The molecule has 2 aromatic carbocycles. The minimum Gasteiger partial charge on any atom is -0.350 e. The van der Waals surface area contributed by atoms with E-state index in [1.165, 1.54) is 16.7 Å². The number of hydrogen-bond donors (Lipinski definition) is 1. The van der Waals surface area contributed by atoms with Crippen LogP contribution in [0.2, 0.25) is 0 Å². The SMILES string of the molecule is CC(C)(C)c1cccc(CCO[C@@H]2OCCN(CC3=CC(=O)NC3)[C@H]2c2ccccc2)c1. The highest BCUT2D eigenvalue weighted by Crippen LogP contribution is 2.31. The second-order valence-electron chi connectivity index (χ2n) is 9.66. The monoisotopic (exact) mass is 434 g/mol. The Morgan fingerprint density at radius 3 is 2.66 bits per heavy atom. The van der Waals surface area contributed by atoms with E-state index in [-0.39, 0.29) is 23.7 Å². The topological polar surface area (TPSA) is 50.8 Å². The zero-order valence-electron chi connectivity index (χ0n) is 19.3. The molecule has 2 heterocycles. The first-order valence-electron chi connectivity index (χ1n) is 11.5. The van der Waals surface area contributed by atoms with Gasteiger partial charge in [0.1, 0.15) is 0 Å². The first-order chi connectivity index (χ1) is 15.4. The Morgan fingerprint density at radius 2 is 1.94 bits per heavy atom. The van der Waals surface area contributed by atoms with E-state index in [0.29, 0.717) is 19.8 Å². The highest BCUT2D eigenvalue weighted by Gasteiger charge is 2.35. The molecule has 2 atom stereocenters. The fourth-order valence-electron chi connectivity index (χ4n) is 4.36. The summed E-state index contributed by atoms with van der Waals surface area (Å²) in [5.41, 5.74) is 5.03. The molecule has 0 aliphatic carbocycles. The van der Waals surface area contributed by atoms with Gasteiger partial charge in [-0.05, 0) is 34.1 Å². The molecule has 4 rings (SSSR count). The molecule has 32 heavy (non-hydrogen) atoms. The van der Waals surface area contributed by atoms with Crippen LogP contribution in [0.1, 0.15) is 43.5 Å². The van der Waals surface area contributed by atoms with Crippen molar-refractivity contribution in [2.45, 2.75) is 44.9 Å². The van der Waals surface area contributed by atoms with Crippen LogP contribution < -0.4 is 5.32 Å². The summed E-state index contributed by atoms with van der Waals surface area (Å²) in [6.07, 6.45) is 2.22. The standard InChI is InChI=1S/C27H34N2O3/c1-27(2,3)23-11-7-8-20(16-23)12-14-31-26-25(22-9-5-4-6-10-22)29(13-15-32-26)19-21-17-24(30)28-18-21/h4-11,16-17,25-26H,12-15,18-19H2,1-3H3,(H,28,30)/t25-,26+/m0/s1. The predicted octanol–water partition coefficient (Wildman–Crippen LogP) is 4.00. The van der Waals surface area contributed by atoms with Crippen LogP contribution in [0, 0.1) is 0 Å². The third-order valence-electron chi connectivity index (χ3n) is 6.15. The van der Waals surface area contributed by atoms with Crippen molar-refractivity contribution >= 4 is 5.91 Å². The molecule has 1 saturated heterocycles. The molecule has 5 heteroatoms. The molecular weight excluding hydrogens is 400 g/mol. The Morgan fingerprint density at radius 1 is 1.12 bits per heavy atom. The Labute approximate surface area is 191 Å². The molecule has 1 amide bonds. The van der Waals surface area contributed by atoms with Crippen LogP contribution in [-0.2, 0) is 26.1 Å². The molecule has 1 fully saturated rings. The number of amides is 1. The number of benzene rings is 2. The first-order valence-corrected chi connectivity index (χ1v) is 11.5. The van der Waals surface area contributed by atoms with Crippen molar-refractivity contribution in [3.8, 4) is 0 Å². The van der Waals surface area contributed by atoms with Crippen LogP contribution >= 0.6 is 0 Å². The van der Waals surface area contributed by atoms with E-state index in [2.05, 4.69) is 79.5 Å². The van der Waals surface area contributed by atoms with Gasteiger partial charge in [-0.2, -0.15) is 0 Å². The molecule has 0 unspecified atom stereocenters. The van der Waals surface area contributed by atoms with E-state index in [0.717, 1.165) is 25.1 Å². The van der Waals surface area contributed by atoms with Gasteiger partial charge in [0.2, 0.25) is 5.91 Å². The molecule has 0 saturated carbocycles. The minimum atomic E-state index is -0.345. The second-order valence-corrected chi connectivity index (χ2v) is 9.66. The summed E-state index contributed by atoms with van der Waals surface area (Å²) in [6.45, 7) is 10.1. The summed E-state index contributed by atoms with van der Waals surface area (Å²) >= 11 is 0. The van der Waals surface area contributed by atoms with Crippen LogP contribution in [0.5, 0.6) is 0 Å². The summed E-state index contributed by atoms with van der Waals surface area (Å²) < 4.78 is 12.4. The first kappa shape index (κ1) is 22.7.